The highest BCUT2D eigenvalue weighted by Gasteiger charge is 2.30. The number of nitrogens with two attached hydrogens (primary N) is 1. The summed E-state index contributed by atoms with van der Waals surface area (Å²) in [5.74, 6) is 0.527. The summed E-state index contributed by atoms with van der Waals surface area (Å²) in [5.41, 5.74) is 9.95. The average Bonchev–Trinajstić information content (AvgIpc) is 3.09. The van der Waals surface area contributed by atoms with Gasteiger partial charge in [0, 0.05) is 28.4 Å². The summed E-state index contributed by atoms with van der Waals surface area (Å²) < 4.78 is 5.83. The standard InChI is InChI=1S/C18H20N2O/c1-11-8-9-21-18(11)17(19)12-6-7-16-14(10-12)13-4-2-3-5-15(13)20-16/h2-7,10-11,17-18,20H,8-9,19H2,1H3. The van der Waals surface area contributed by atoms with Gasteiger partial charge in [0.2, 0.25) is 0 Å². The van der Waals surface area contributed by atoms with Crippen LogP contribution in [0.2, 0.25) is 0 Å². The fourth-order valence-electron chi connectivity index (χ4n) is 3.44. The van der Waals surface area contributed by atoms with Gasteiger partial charge in [-0.1, -0.05) is 31.2 Å². The lowest BCUT2D eigenvalue weighted by Crippen LogP contribution is -2.29. The average molecular weight is 280 g/mol. The molecule has 3 atom stereocenters. The number of hydrogen-bond acceptors (Lipinski definition) is 2. The minimum absolute atomic E-state index is 0.0550. The molecular formula is C18H20N2O. The largest absolute Gasteiger partial charge is 0.376 e. The van der Waals surface area contributed by atoms with Crippen molar-refractivity contribution in [2.45, 2.75) is 25.5 Å². The Labute approximate surface area is 124 Å². The van der Waals surface area contributed by atoms with E-state index >= 15 is 0 Å². The third-order valence-electron chi connectivity index (χ3n) is 4.71. The maximum Gasteiger partial charge on any atom is 0.0793 e. The van der Waals surface area contributed by atoms with Crippen molar-refractivity contribution in [3.05, 3.63) is 48.0 Å². The Hall–Kier alpha value is -1.84. The molecule has 3 unspecified atom stereocenters. The van der Waals surface area contributed by atoms with Gasteiger partial charge in [-0.3, -0.25) is 0 Å². The summed E-state index contributed by atoms with van der Waals surface area (Å²) in [6.07, 6.45) is 1.24. The number of rotatable bonds is 2. The SMILES string of the molecule is CC1CCOC1C(N)c1ccc2[nH]c3ccccc3c2c1. The van der Waals surface area contributed by atoms with Crippen LogP contribution >= 0.6 is 0 Å². The predicted molar refractivity (Wildman–Crippen MR) is 86.3 cm³/mol. The quantitative estimate of drug-likeness (QED) is 0.751. The van der Waals surface area contributed by atoms with E-state index in [1.54, 1.807) is 0 Å². The molecule has 3 nitrogen and oxygen atoms in total. The predicted octanol–water partition coefficient (Wildman–Crippen LogP) is 3.75. The molecule has 0 radical (unpaired) electrons. The van der Waals surface area contributed by atoms with Gasteiger partial charge in [0.1, 0.15) is 0 Å². The van der Waals surface area contributed by atoms with Crippen molar-refractivity contribution >= 4 is 21.8 Å². The van der Waals surface area contributed by atoms with Crippen LogP contribution in [0.1, 0.15) is 24.9 Å². The van der Waals surface area contributed by atoms with Gasteiger partial charge in [-0.2, -0.15) is 0 Å². The second-order valence-corrected chi connectivity index (χ2v) is 6.10. The molecule has 0 saturated carbocycles. The Balaban J connectivity index is 1.80. The van der Waals surface area contributed by atoms with Gasteiger partial charge in [0.15, 0.2) is 0 Å². The molecule has 21 heavy (non-hydrogen) atoms. The van der Waals surface area contributed by atoms with Crippen molar-refractivity contribution in [1.82, 2.24) is 4.98 Å². The van der Waals surface area contributed by atoms with Gasteiger partial charge in [-0.25, -0.2) is 0 Å². The van der Waals surface area contributed by atoms with Crippen molar-refractivity contribution in [2.24, 2.45) is 11.7 Å². The highest BCUT2D eigenvalue weighted by Crippen LogP contribution is 2.32. The number of H-pyrrole nitrogens is 1. The molecule has 1 aromatic heterocycles. The van der Waals surface area contributed by atoms with E-state index in [-0.39, 0.29) is 12.1 Å². The Bertz CT molecular complexity index is 792. The van der Waals surface area contributed by atoms with Crippen LogP contribution in [0.4, 0.5) is 0 Å². The first-order valence-electron chi connectivity index (χ1n) is 7.61. The molecule has 0 aliphatic carbocycles. The van der Waals surface area contributed by atoms with Crippen LogP contribution in [-0.4, -0.2) is 17.7 Å². The molecule has 0 spiro atoms. The number of nitrogens with one attached hydrogen (secondary N) is 1. The van der Waals surface area contributed by atoms with E-state index in [4.69, 9.17) is 10.5 Å². The molecule has 1 fully saturated rings. The Kier molecular flexibility index (Phi) is 2.98. The minimum atomic E-state index is -0.0550. The lowest BCUT2D eigenvalue weighted by Gasteiger charge is -2.22. The Morgan fingerprint density at radius 1 is 1.14 bits per heavy atom. The number of benzene rings is 2. The summed E-state index contributed by atoms with van der Waals surface area (Å²) in [5, 5.41) is 2.49. The van der Waals surface area contributed by atoms with Gasteiger partial charge >= 0.3 is 0 Å². The zero-order valence-electron chi connectivity index (χ0n) is 12.2. The first-order chi connectivity index (χ1) is 10.2. The van der Waals surface area contributed by atoms with Gasteiger partial charge in [-0.15, -0.1) is 0 Å². The van der Waals surface area contributed by atoms with Crippen molar-refractivity contribution in [3.63, 3.8) is 0 Å². The van der Waals surface area contributed by atoms with Gasteiger partial charge in [0.05, 0.1) is 12.1 Å². The van der Waals surface area contributed by atoms with E-state index in [1.165, 1.54) is 16.3 Å². The van der Waals surface area contributed by atoms with Crippen LogP contribution in [0.15, 0.2) is 42.5 Å². The highest BCUT2D eigenvalue weighted by atomic mass is 16.5. The summed E-state index contributed by atoms with van der Waals surface area (Å²) in [6.45, 7) is 3.05. The normalized spacial score (nSPS) is 23.9. The van der Waals surface area contributed by atoms with Gasteiger partial charge < -0.3 is 15.5 Å². The molecule has 3 heteroatoms. The fourth-order valence-corrected chi connectivity index (χ4v) is 3.44. The highest BCUT2D eigenvalue weighted by molar-refractivity contribution is 6.07. The zero-order chi connectivity index (χ0) is 14.4. The minimum Gasteiger partial charge on any atom is -0.376 e. The molecule has 1 aliphatic heterocycles. The molecule has 0 amide bonds. The van der Waals surface area contributed by atoms with E-state index in [0.29, 0.717) is 5.92 Å². The van der Waals surface area contributed by atoms with E-state index in [1.807, 2.05) is 0 Å². The van der Waals surface area contributed by atoms with E-state index < -0.39 is 0 Å². The number of aromatic amines is 1. The fraction of sp³-hybridized carbons (Fsp3) is 0.333. The maximum atomic E-state index is 6.46. The second kappa shape index (κ2) is 4.86. The van der Waals surface area contributed by atoms with Crippen molar-refractivity contribution < 1.29 is 4.74 Å². The van der Waals surface area contributed by atoms with Gasteiger partial charge in [-0.05, 0) is 36.1 Å². The lowest BCUT2D eigenvalue weighted by atomic mass is 9.92. The van der Waals surface area contributed by atoms with Crippen molar-refractivity contribution in [3.8, 4) is 0 Å². The van der Waals surface area contributed by atoms with Crippen LogP contribution in [-0.2, 0) is 4.74 Å². The number of fused-ring (bicyclic) bond motifs is 3. The molecule has 1 aliphatic rings. The van der Waals surface area contributed by atoms with Crippen LogP contribution in [0.25, 0.3) is 21.8 Å². The van der Waals surface area contributed by atoms with Crippen LogP contribution in [0.3, 0.4) is 0 Å². The summed E-state index contributed by atoms with van der Waals surface area (Å²) >= 11 is 0. The molecule has 108 valence electrons. The molecule has 4 rings (SSSR count). The topological polar surface area (TPSA) is 51.0 Å². The third-order valence-corrected chi connectivity index (χ3v) is 4.71. The number of para-hydroxylation sites is 1. The molecule has 2 heterocycles. The van der Waals surface area contributed by atoms with E-state index in [0.717, 1.165) is 24.1 Å². The van der Waals surface area contributed by atoms with E-state index in [2.05, 4.69) is 54.4 Å². The molecular weight excluding hydrogens is 260 g/mol. The Morgan fingerprint density at radius 3 is 2.76 bits per heavy atom. The maximum absolute atomic E-state index is 6.46. The molecule has 3 aromatic rings. The summed E-state index contributed by atoms with van der Waals surface area (Å²) in [7, 11) is 0. The summed E-state index contributed by atoms with van der Waals surface area (Å²) in [4.78, 5) is 3.45. The van der Waals surface area contributed by atoms with Crippen molar-refractivity contribution in [1.29, 1.82) is 0 Å². The lowest BCUT2D eigenvalue weighted by molar-refractivity contribution is 0.0725. The van der Waals surface area contributed by atoms with Crippen LogP contribution in [0, 0.1) is 5.92 Å². The van der Waals surface area contributed by atoms with E-state index in [9.17, 15) is 0 Å². The number of hydrogen-bond donors (Lipinski definition) is 2. The summed E-state index contributed by atoms with van der Waals surface area (Å²) in [6, 6.07) is 14.8. The first-order valence-corrected chi connectivity index (χ1v) is 7.61. The van der Waals surface area contributed by atoms with Gasteiger partial charge in [0.25, 0.3) is 0 Å². The number of ether oxygens (including phenoxy) is 1. The molecule has 2 aromatic carbocycles. The zero-order valence-corrected chi connectivity index (χ0v) is 12.2. The molecule has 1 saturated heterocycles. The number of aromatic nitrogens is 1. The smallest absolute Gasteiger partial charge is 0.0793 e. The van der Waals surface area contributed by atoms with Crippen LogP contribution in [0.5, 0.6) is 0 Å². The molecule has 0 bridgehead atoms. The first kappa shape index (κ1) is 12.9. The second-order valence-electron chi connectivity index (χ2n) is 6.10. The Morgan fingerprint density at radius 2 is 1.95 bits per heavy atom. The third kappa shape index (κ3) is 2.04. The monoisotopic (exact) mass is 280 g/mol. The molecule has 3 N–H and O–H groups in total. The van der Waals surface area contributed by atoms with Crippen molar-refractivity contribution in [2.75, 3.05) is 6.61 Å². The van der Waals surface area contributed by atoms with Crippen LogP contribution < -0.4 is 5.73 Å².